The molecule has 0 aromatic carbocycles. The number of aromatic nitrogens is 3. The van der Waals surface area contributed by atoms with E-state index in [0.717, 1.165) is 50.1 Å². The number of ether oxygens (including phenoxy) is 2. The zero-order valence-corrected chi connectivity index (χ0v) is 14.5. The first-order chi connectivity index (χ1) is 11.9. The maximum Gasteiger partial charge on any atom is 0.225 e. The van der Waals surface area contributed by atoms with Crippen LogP contribution in [0.1, 0.15) is 24.3 Å². The lowest BCUT2D eigenvalue weighted by atomic mass is 9.89. The van der Waals surface area contributed by atoms with E-state index in [1.54, 1.807) is 23.7 Å². The Morgan fingerprint density at radius 2 is 2.21 bits per heavy atom. The molecule has 128 valence electrons. The quantitative estimate of drug-likeness (QED) is 0.829. The van der Waals surface area contributed by atoms with Crippen molar-refractivity contribution in [2.45, 2.75) is 31.5 Å². The first kappa shape index (κ1) is 15.9. The van der Waals surface area contributed by atoms with Crippen LogP contribution in [0.4, 0.5) is 5.95 Å². The number of thiazole rings is 1. The van der Waals surface area contributed by atoms with Crippen molar-refractivity contribution in [3.05, 3.63) is 35.0 Å². The van der Waals surface area contributed by atoms with E-state index < -0.39 is 0 Å². The second-order valence-electron chi connectivity index (χ2n) is 6.41. The Labute approximate surface area is 145 Å². The van der Waals surface area contributed by atoms with Gasteiger partial charge in [-0.15, -0.1) is 11.3 Å². The highest BCUT2D eigenvalue weighted by Crippen LogP contribution is 2.41. The number of hydrogen-bond acceptors (Lipinski definition) is 7. The molecule has 2 atom stereocenters. The van der Waals surface area contributed by atoms with Crippen molar-refractivity contribution in [3.63, 3.8) is 0 Å². The SMILES string of the molecule is c1cnc(N2CCO[C@]3(CCC[C@H]3COCc3nccs3)C2)nc1. The van der Waals surface area contributed by atoms with Crippen molar-refractivity contribution in [1.82, 2.24) is 15.0 Å². The van der Waals surface area contributed by atoms with Crippen LogP contribution in [0.3, 0.4) is 0 Å². The van der Waals surface area contributed by atoms with Gasteiger partial charge >= 0.3 is 0 Å². The number of rotatable bonds is 5. The summed E-state index contributed by atoms with van der Waals surface area (Å²) in [5.41, 5.74) is -0.125. The van der Waals surface area contributed by atoms with E-state index in [0.29, 0.717) is 12.5 Å². The second kappa shape index (κ2) is 7.13. The summed E-state index contributed by atoms with van der Waals surface area (Å²) in [6.07, 6.45) is 8.85. The molecule has 1 spiro atoms. The van der Waals surface area contributed by atoms with Gasteiger partial charge in [0.25, 0.3) is 0 Å². The Morgan fingerprint density at radius 1 is 1.29 bits per heavy atom. The number of morpholine rings is 1. The molecule has 3 heterocycles. The predicted molar refractivity (Wildman–Crippen MR) is 92.0 cm³/mol. The molecule has 24 heavy (non-hydrogen) atoms. The lowest BCUT2D eigenvalue weighted by Crippen LogP contribution is -2.55. The van der Waals surface area contributed by atoms with E-state index in [1.807, 2.05) is 17.6 Å². The van der Waals surface area contributed by atoms with Gasteiger partial charge in [0.2, 0.25) is 5.95 Å². The third-order valence-corrected chi connectivity index (χ3v) is 5.72. The Bertz CT molecular complexity index is 639. The van der Waals surface area contributed by atoms with Gasteiger partial charge in [-0.05, 0) is 18.9 Å². The van der Waals surface area contributed by atoms with E-state index in [1.165, 1.54) is 6.42 Å². The number of anilines is 1. The Hall–Kier alpha value is -1.57. The Kier molecular flexibility index (Phi) is 4.73. The molecule has 0 unspecified atom stereocenters. The van der Waals surface area contributed by atoms with Gasteiger partial charge in [-0.1, -0.05) is 6.42 Å². The smallest absolute Gasteiger partial charge is 0.225 e. The highest BCUT2D eigenvalue weighted by Gasteiger charge is 2.47. The molecule has 0 bridgehead atoms. The molecule has 0 radical (unpaired) electrons. The second-order valence-corrected chi connectivity index (χ2v) is 7.39. The summed E-state index contributed by atoms with van der Waals surface area (Å²) >= 11 is 1.64. The molecule has 0 N–H and O–H groups in total. The van der Waals surface area contributed by atoms with Crippen LogP contribution in [0.25, 0.3) is 0 Å². The van der Waals surface area contributed by atoms with Gasteiger partial charge in [-0.3, -0.25) is 0 Å². The van der Waals surface area contributed by atoms with Gasteiger partial charge in [-0.25, -0.2) is 15.0 Å². The minimum absolute atomic E-state index is 0.125. The molecule has 6 nitrogen and oxygen atoms in total. The Balaban J connectivity index is 1.40. The van der Waals surface area contributed by atoms with E-state index in [4.69, 9.17) is 9.47 Å². The lowest BCUT2D eigenvalue weighted by molar-refractivity contribution is -0.101. The molecule has 4 rings (SSSR count). The minimum Gasteiger partial charge on any atom is -0.374 e. The molecule has 2 aromatic heterocycles. The van der Waals surface area contributed by atoms with Crippen molar-refractivity contribution in [2.24, 2.45) is 5.92 Å². The van der Waals surface area contributed by atoms with Gasteiger partial charge in [0.1, 0.15) is 5.01 Å². The zero-order chi connectivity index (χ0) is 16.2. The van der Waals surface area contributed by atoms with Crippen LogP contribution in [0, 0.1) is 5.92 Å². The van der Waals surface area contributed by atoms with Crippen LogP contribution in [0.15, 0.2) is 30.0 Å². The van der Waals surface area contributed by atoms with Gasteiger partial charge in [0.15, 0.2) is 0 Å². The fraction of sp³-hybridized carbons (Fsp3) is 0.588. The van der Waals surface area contributed by atoms with Gasteiger partial charge in [0, 0.05) is 36.4 Å². The largest absolute Gasteiger partial charge is 0.374 e. The summed E-state index contributed by atoms with van der Waals surface area (Å²) in [6.45, 7) is 3.74. The summed E-state index contributed by atoms with van der Waals surface area (Å²) in [4.78, 5) is 15.3. The number of hydrogen-bond donors (Lipinski definition) is 0. The lowest BCUT2D eigenvalue weighted by Gasteiger charge is -2.44. The first-order valence-corrected chi connectivity index (χ1v) is 9.36. The highest BCUT2D eigenvalue weighted by atomic mass is 32.1. The molecular weight excluding hydrogens is 324 g/mol. The molecule has 2 aliphatic rings. The third kappa shape index (κ3) is 3.29. The van der Waals surface area contributed by atoms with Crippen LogP contribution in [-0.2, 0) is 16.1 Å². The van der Waals surface area contributed by atoms with Gasteiger partial charge in [0.05, 0.1) is 32.0 Å². The Morgan fingerprint density at radius 3 is 3.04 bits per heavy atom. The third-order valence-electron chi connectivity index (χ3n) is 4.97. The summed E-state index contributed by atoms with van der Waals surface area (Å²) in [5, 5.41) is 3.02. The molecule has 1 saturated carbocycles. The van der Waals surface area contributed by atoms with E-state index in [-0.39, 0.29) is 5.60 Å². The maximum absolute atomic E-state index is 6.29. The first-order valence-electron chi connectivity index (χ1n) is 8.48. The molecule has 1 aliphatic heterocycles. The van der Waals surface area contributed by atoms with Crippen molar-refractivity contribution in [3.8, 4) is 0 Å². The molecule has 1 aliphatic carbocycles. The summed E-state index contributed by atoms with van der Waals surface area (Å²) in [7, 11) is 0. The minimum atomic E-state index is -0.125. The zero-order valence-electron chi connectivity index (χ0n) is 13.6. The van der Waals surface area contributed by atoms with Crippen LogP contribution in [0.5, 0.6) is 0 Å². The van der Waals surface area contributed by atoms with Crippen molar-refractivity contribution in [1.29, 1.82) is 0 Å². The van der Waals surface area contributed by atoms with Crippen molar-refractivity contribution < 1.29 is 9.47 Å². The van der Waals surface area contributed by atoms with E-state index in [9.17, 15) is 0 Å². The average molecular weight is 346 g/mol. The molecule has 2 aromatic rings. The fourth-order valence-electron chi connectivity index (χ4n) is 3.79. The maximum atomic E-state index is 6.29. The van der Waals surface area contributed by atoms with Crippen LogP contribution >= 0.6 is 11.3 Å². The van der Waals surface area contributed by atoms with Crippen molar-refractivity contribution >= 4 is 17.3 Å². The average Bonchev–Trinajstić information content (AvgIpc) is 3.27. The normalized spacial score (nSPS) is 27.0. The molecule has 7 heteroatoms. The van der Waals surface area contributed by atoms with Crippen LogP contribution < -0.4 is 4.90 Å². The molecular formula is C17H22N4O2S. The monoisotopic (exact) mass is 346 g/mol. The van der Waals surface area contributed by atoms with Gasteiger partial charge in [-0.2, -0.15) is 0 Å². The fourth-order valence-corrected chi connectivity index (χ4v) is 4.34. The standard InChI is InChI=1S/C17H22N4O2S/c1-3-14(11-22-12-15-18-7-10-24-15)17(4-1)13-21(8-9-23-17)16-19-5-2-6-20-16/h2,5-7,10,14H,1,3-4,8-9,11-13H2/t14-,17+/m0/s1. The van der Waals surface area contributed by atoms with Crippen LogP contribution in [0.2, 0.25) is 0 Å². The van der Waals surface area contributed by atoms with E-state index in [2.05, 4.69) is 19.9 Å². The summed E-state index contributed by atoms with van der Waals surface area (Å²) < 4.78 is 12.2. The summed E-state index contributed by atoms with van der Waals surface area (Å²) in [6, 6.07) is 1.85. The van der Waals surface area contributed by atoms with Crippen LogP contribution in [-0.4, -0.2) is 46.9 Å². The van der Waals surface area contributed by atoms with E-state index >= 15 is 0 Å². The molecule has 0 amide bonds. The predicted octanol–water partition coefficient (Wildman–Crippen LogP) is 2.53. The number of nitrogens with zero attached hydrogens (tertiary/aromatic N) is 4. The van der Waals surface area contributed by atoms with Gasteiger partial charge < -0.3 is 14.4 Å². The summed E-state index contributed by atoms with van der Waals surface area (Å²) in [5.74, 6) is 1.22. The molecule has 1 saturated heterocycles. The topological polar surface area (TPSA) is 60.4 Å². The highest BCUT2D eigenvalue weighted by molar-refractivity contribution is 7.09. The van der Waals surface area contributed by atoms with Crippen molar-refractivity contribution in [2.75, 3.05) is 31.2 Å². The molecule has 2 fully saturated rings.